The van der Waals surface area contributed by atoms with Crippen molar-refractivity contribution in [1.82, 2.24) is 9.88 Å². The summed E-state index contributed by atoms with van der Waals surface area (Å²) in [4.78, 5) is 29.8. The van der Waals surface area contributed by atoms with Gasteiger partial charge in [-0.15, -0.1) is 11.8 Å². The second-order valence-electron chi connectivity index (χ2n) is 7.61. The number of nitrogens with zero attached hydrogens (tertiary/aromatic N) is 2. The van der Waals surface area contributed by atoms with E-state index in [9.17, 15) is 9.59 Å². The average Bonchev–Trinajstić information content (AvgIpc) is 3.09. The van der Waals surface area contributed by atoms with E-state index in [2.05, 4.69) is 10.3 Å². The molecule has 1 aromatic heterocycles. The third-order valence-corrected chi connectivity index (χ3v) is 7.15. The molecule has 28 heavy (non-hydrogen) atoms. The normalized spacial score (nSPS) is 15.4. The SMILES string of the molecule is COC(C)(C)CCN(C(=O)Nc1ncc(SCCC(=O)O)s1)C1CCCCC1. The quantitative estimate of drug-likeness (QED) is 0.524. The van der Waals surface area contributed by atoms with Gasteiger partial charge >= 0.3 is 12.0 Å². The molecule has 1 fully saturated rings. The summed E-state index contributed by atoms with van der Waals surface area (Å²) in [6.45, 7) is 4.71. The predicted octanol–water partition coefficient (Wildman–Crippen LogP) is 4.69. The van der Waals surface area contributed by atoms with E-state index in [0.717, 1.165) is 36.3 Å². The van der Waals surface area contributed by atoms with E-state index in [1.54, 1.807) is 13.3 Å². The molecule has 0 spiro atoms. The number of carboxylic acid groups (broad SMARTS) is 1. The summed E-state index contributed by atoms with van der Waals surface area (Å²) in [5.41, 5.74) is -0.275. The Balaban J connectivity index is 1.97. The van der Waals surface area contributed by atoms with Gasteiger partial charge in [0.15, 0.2) is 5.13 Å². The van der Waals surface area contributed by atoms with Crippen molar-refractivity contribution in [3.8, 4) is 0 Å². The highest BCUT2D eigenvalue weighted by Crippen LogP contribution is 2.30. The monoisotopic (exact) mass is 429 g/mol. The number of aromatic nitrogens is 1. The Morgan fingerprint density at radius 2 is 2.11 bits per heavy atom. The lowest BCUT2D eigenvalue weighted by Crippen LogP contribution is -2.46. The predicted molar refractivity (Wildman–Crippen MR) is 113 cm³/mol. The Morgan fingerprint density at radius 1 is 1.39 bits per heavy atom. The molecule has 0 saturated heterocycles. The molecule has 2 N–H and O–H groups in total. The standard InChI is InChI=1S/C19H31N3O4S2/c1-19(2,26-3)10-11-22(14-7-5-4-6-8-14)18(25)21-17-20-13-16(28-17)27-12-9-15(23)24/h13-14H,4-12H2,1-3H3,(H,23,24)(H,20,21,25). The number of carbonyl (C=O) groups is 2. The van der Waals surface area contributed by atoms with Gasteiger partial charge in [-0.2, -0.15) is 0 Å². The van der Waals surface area contributed by atoms with Gasteiger partial charge in [0, 0.05) is 25.4 Å². The summed E-state index contributed by atoms with van der Waals surface area (Å²) in [7, 11) is 1.70. The van der Waals surface area contributed by atoms with E-state index in [1.807, 2.05) is 18.7 Å². The highest BCUT2D eigenvalue weighted by atomic mass is 32.2. The summed E-state index contributed by atoms with van der Waals surface area (Å²) < 4.78 is 6.42. The first-order valence-electron chi connectivity index (χ1n) is 9.74. The molecule has 1 aliphatic carbocycles. The zero-order chi connectivity index (χ0) is 20.6. The minimum Gasteiger partial charge on any atom is -0.481 e. The lowest BCUT2D eigenvalue weighted by atomic mass is 9.93. The minimum atomic E-state index is -0.812. The van der Waals surface area contributed by atoms with Crippen molar-refractivity contribution < 1.29 is 19.4 Å². The van der Waals surface area contributed by atoms with Crippen LogP contribution in [0.3, 0.4) is 0 Å². The summed E-state index contributed by atoms with van der Waals surface area (Å²) in [6.07, 6.45) is 8.18. The van der Waals surface area contributed by atoms with Crippen LogP contribution in [0, 0.1) is 0 Å². The molecule has 1 aromatic rings. The topological polar surface area (TPSA) is 91.8 Å². The molecular formula is C19H31N3O4S2. The van der Waals surface area contributed by atoms with Crippen LogP contribution in [0.15, 0.2) is 10.4 Å². The van der Waals surface area contributed by atoms with Gasteiger partial charge in [0.05, 0.1) is 22.4 Å². The molecule has 0 radical (unpaired) electrons. The maximum atomic E-state index is 13.0. The smallest absolute Gasteiger partial charge is 0.323 e. The molecule has 2 rings (SSSR count). The largest absolute Gasteiger partial charge is 0.481 e. The molecular weight excluding hydrogens is 398 g/mol. The molecule has 0 aliphatic heterocycles. The first-order chi connectivity index (χ1) is 13.3. The number of hydrogen-bond donors (Lipinski definition) is 2. The number of hydrogen-bond acceptors (Lipinski definition) is 6. The fourth-order valence-corrected chi connectivity index (χ4v) is 4.99. The Morgan fingerprint density at radius 3 is 2.75 bits per heavy atom. The van der Waals surface area contributed by atoms with Gasteiger partial charge in [0.2, 0.25) is 0 Å². The van der Waals surface area contributed by atoms with Crippen molar-refractivity contribution in [2.24, 2.45) is 0 Å². The number of urea groups is 1. The Bertz CT molecular complexity index is 645. The van der Waals surface area contributed by atoms with Crippen LogP contribution in [0.2, 0.25) is 0 Å². The maximum absolute atomic E-state index is 13.0. The molecule has 0 aromatic carbocycles. The number of rotatable bonds is 10. The molecule has 0 unspecified atom stereocenters. The first kappa shape index (κ1) is 23.0. The number of carboxylic acids is 1. The minimum absolute atomic E-state index is 0.106. The van der Waals surface area contributed by atoms with Crippen molar-refractivity contribution in [2.75, 3.05) is 24.7 Å². The molecule has 0 bridgehead atoms. The average molecular weight is 430 g/mol. The Labute approximate surface area is 175 Å². The number of aliphatic carboxylic acids is 1. The van der Waals surface area contributed by atoms with Crippen LogP contribution in [-0.2, 0) is 9.53 Å². The summed E-state index contributed by atoms with van der Waals surface area (Å²) in [5, 5.41) is 12.2. The van der Waals surface area contributed by atoms with Crippen LogP contribution in [0.1, 0.15) is 58.8 Å². The second-order valence-corrected chi connectivity index (χ2v) is 10.0. The van der Waals surface area contributed by atoms with Crippen LogP contribution in [0.25, 0.3) is 0 Å². The van der Waals surface area contributed by atoms with E-state index < -0.39 is 5.97 Å². The number of thioether (sulfide) groups is 1. The molecule has 9 heteroatoms. The van der Waals surface area contributed by atoms with Crippen LogP contribution in [-0.4, -0.2) is 58.0 Å². The van der Waals surface area contributed by atoms with Crippen molar-refractivity contribution >= 4 is 40.2 Å². The second kappa shape index (κ2) is 11.0. The number of anilines is 1. The molecule has 1 heterocycles. The maximum Gasteiger partial charge on any atom is 0.323 e. The van der Waals surface area contributed by atoms with E-state index in [0.29, 0.717) is 17.4 Å². The van der Waals surface area contributed by atoms with Crippen molar-refractivity contribution in [1.29, 1.82) is 0 Å². The molecule has 7 nitrogen and oxygen atoms in total. The van der Waals surface area contributed by atoms with Gasteiger partial charge in [0.25, 0.3) is 0 Å². The summed E-state index contributed by atoms with van der Waals surface area (Å²) >= 11 is 2.82. The highest BCUT2D eigenvalue weighted by Gasteiger charge is 2.28. The van der Waals surface area contributed by atoms with E-state index >= 15 is 0 Å². The molecule has 2 amide bonds. The van der Waals surface area contributed by atoms with Crippen molar-refractivity contribution in [3.63, 3.8) is 0 Å². The number of thiazole rings is 1. The van der Waals surface area contributed by atoms with Gasteiger partial charge < -0.3 is 14.7 Å². The van der Waals surface area contributed by atoms with Gasteiger partial charge in [0.1, 0.15) is 0 Å². The lowest BCUT2D eigenvalue weighted by Gasteiger charge is -2.36. The fourth-order valence-electron chi connectivity index (χ4n) is 3.12. The molecule has 1 saturated carbocycles. The lowest BCUT2D eigenvalue weighted by molar-refractivity contribution is -0.136. The number of carbonyl (C=O) groups excluding carboxylic acids is 1. The zero-order valence-corrected chi connectivity index (χ0v) is 18.5. The first-order valence-corrected chi connectivity index (χ1v) is 11.5. The third-order valence-electron chi connectivity index (χ3n) is 5.04. The number of methoxy groups -OCH3 is 1. The van der Waals surface area contributed by atoms with E-state index in [-0.39, 0.29) is 24.1 Å². The molecule has 1 aliphatic rings. The Kier molecular flexibility index (Phi) is 9.04. The van der Waals surface area contributed by atoms with Crippen molar-refractivity contribution in [3.05, 3.63) is 6.20 Å². The van der Waals surface area contributed by atoms with E-state index in [4.69, 9.17) is 9.84 Å². The third kappa shape index (κ3) is 7.60. The molecule has 0 atom stereocenters. The van der Waals surface area contributed by atoms with Crippen LogP contribution < -0.4 is 5.32 Å². The number of ether oxygens (including phenoxy) is 1. The molecule has 158 valence electrons. The van der Waals surface area contributed by atoms with Gasteiger partial charge in [-0.1, -0.05) is 30.6 Å². The summed E-state index contributed by atoms with van der Waals surface area (Å²) in [5.74, 6) is -0.321. The van der Waals surface area contributed by atoms with Gasteiger partial charge in [-0.3, -0.25) is 10.1 Å². The number of nitrogens with one attached hydrogen (secondary N) is 1. The van der Waals surface area contributed by atoms with Crippen LogP contribution in [0.5, 0.6) is 0 Å². The van der Waals surface area contributed by atoms with Crippen molar-refractivity contribution in [2.45, 2.75) is 74.6 Å². The fraction of sp³-hybridized carbons (Fsp3) is 0.737. The Hall–Kier alpha value is -1.32. The zero-order valence-electron chi connectivity index (χ0n) is 16.9. The van der Waals surface area contributed by atoms with E-state index in [1.165, 1.54) is 29.5 Å². The van der Waals surface area contributed by atoms with Gasteiger partial charge in [-0.05, 0) is 33.1 Å². The highest BCUT2D eigenvalue weighted by molar-refractivity contribution is 8.01. The van der Waals surface area contributed by atoms with Crippen LogP contribution >= 0.6 is 23.1 Å². The van der Waals surface area contributed by atoms with Crippen LogP contribution in [0.4, 0.5) is 9.93 Å². The van der Waals surface area contributed by atoms with Gasteiger partial charge in [-0.25, -0.2) is 9.78 Å². The number of amides is 2. The summed E-state index contributed by atoms with van der Waals surface area (Å²) in [6, 6.07) is 0.140.